The fourth-order valence-electron chi connectivity index (χ4n) is 8.11. The molecule has 2 aromatic carbocycles. The molecule has 3 aliphatic heterocycles. The number of piperidine rings is 1. The predicted molar refractivity (Wildman–Crippen MR) is 223 cm³/mol. The van der Waals surface area contributed by atoms with Crippen molar-refractivity contribution in [2.24, 2.45) is 0 Å². The van der Waals surface area contributed by atoms with Crippen LogP contribution in [0.15, 0.2) is 77.8 Å². The van der Waals surface area contributed by atoms with Crippen LogP contribution < -0.4 is 26.2 Å². The standard InChI is InChI=1S/C43H49N11O6/c55-36-17-16-35(40(57)49-36)54-41(58)32-10-7-11-34(38(32)42(54)59)45-27-37(56)44-18-5-3-1-2-4-6-19-51-20-22-52(23-21-51)30-14-12-29(13-15-30)33-26-47-43(53-28-48-50-39(33)53)46-25-31-9-8-24-60-31/h7-15,24,26,28,35,45H,1-6,16-23,25,27H2,(H,44,56)(H,46,47)(H,49,55,57). The van der Waals surface area contributed by atoms with Crippen LogP contribution in [0, 0.1) is 0 Å². The Morgan fingerprint density at radius 3 is 2.43 bits per heavy atom. The van der Waals surface area contributed by atoms with Gasteiger partial charge in [-0.05, 0) is 67.8 Å². The molecular weight excluding hydrogens is 767 g/mol. The molecule has 312 valence electrons. The summed E-state index contributed by atoms with van der Waals surface area (Å²) in [4.78, 5) is 73.4. The van der Waals surface area contributed by atoms with E-state index in [0.29, 0.717) is 24.7 Å². The number of aromatic nitrogens is 4. The fourth-order valence-corrected chi connectivity index (χ4v) is 8.11. The molecule has 0 bridgehead atoms. The first-order chi connectivity index (χ1) is 29.3. The summed E-state index contributed by atoms with van der Waals surface area (Å²) < 4.78 is 7.28. The maximum absolute atomic E-state index is 13.3. The second kappa shape index (κ2) is 18.5. The number of piperazine rings is 1. The Balaban J connectivity index is 0.684. The summed E-state index contributed by atoms with van der Waals surface area (Å²) in [6.45, 7) is 6.15. The van der Waals surface area contributed by atoms with Crippen LogP contribution in [-0.4, -0.2) is 111 Å². The van der Waals surface area contributed by atoms with Gasteiger partial charge >= 0.3 is 0 Å². The summed E-state index contributed by atoms with van der Waals surface area (Å²) in [6, 6.07) is 16.1. The lowest BCUT2D eigenvalue weighted by Gasteiger charge is -2.36. The van der Waals surface area contributed by atoms with Gasteiger partial charge in [0.1, 0.15) is 18.1 Å². The zero-order valence-corrected chi connectivity index (χ0v) is 33.4. The van der Waals surface area contributed by atoms with E-state index in [9.17, 15) is 24.0 Å². The monoisotopic (exact) mass is 815 g/mol. The fraction of sp³-hybridized carbons (Fsp3) is 0.395. The smallest absolute Gasteiger partial charge is 0.264 e. The molecule has 1 unspecified atom stereocenters. The summed E-state index contributed by atoms with van der Waals surface area (Å²) >= 11 is 0. The lowest BCUT2D eigenvalue weighted by Crippen LogP contribution is -2.54. The molecule has 0 aliphatic carbocycles. The van der Waals surface area contributed by atoms with E-state index in [0.717, 1.165) is 85.8 Å². The number of nitrogens with zero attached hydrogens (tertiary/aromatic N) is 7. The third-order valence-corrected chi connectivity index (χ3v) is 11.4. The maximum atomic E-state index is 13.3. The van der Waals surface area contributed by atoms with E-state index in [1.54, 1.807) is 24.7 Å². The van der Waals surface area contributed by atoms with Crippen LogP contribution in [0.5, 0.6) is 0 Å². The van der Waals surface area contributed by atoms with Crippen LogP contribution in [0.25, 0.3) is 16.8 Å². The van der Waals surface area contributed by atoms with Crippen molar-refractivity contribution in [3.8, 4) is 11.1 Å². The third kappa shape index (κ3) is 9.00. The van der Waals surface area contributed by atoms with Gasteiger partial charge < -0.3 is 25.3 Å². The van der Waals surface area contributed by atoms with Gasteiger partial charge in [0, 0.05) is 62.3 Å². The number of fused-ring (bicyclic) bond motifs is 2. The number of hydrogen-bond acceptors (Lipinski definition) is 13. The number of benzene rings is 2. The van der Waals surface area contributed by atoms with Gasteiger partial charge in [-0.25, -0.2) is 4.98 Å². The minimum atomic E-state index is -1.05. The molecule has 4 N–H and O–H groups in total. The predicted octanol–water partition coefficient (Wildman–Crippen LogP) is 4.09. The molecule has 3 aliphatic rings. The van der Waals surface area contributed by atoms with E-state index in [1.165, 1.54) is 24.6 Å². The van der Waals surface area contributed by atoms with Crippen LogP contribution in [0.4, 0.5) is 17.3 Å². The molecular formula is C43H49N11O6. The lowest BCUT2D eigenvalue weighted by molar-refractivity contribution is -0.136. The molecule has 1 atom stereocenters. The quantitative estimate of drug-likeness (QED) is 0.0730. The van der Waals surface area contributed by atoms with E-state index < -0.39 is 29.7 Å². The molecule has 5 aromatic rings. The summed E-state index contributed by atoms with van der Waals surface area (Å²) in [7, 11) is 0. The van der Waals surface area contributed by atoms with Crippen molar-refractivity contribution in [3.63, 3.8) is 0 Å². The molecule has 17 nitrogen and oxygen atoms in total. The molecule has 3 aromatic heterocycles. The van der Waals surface area contributed by atoms with Crippen LogP contribution in [-0.2, 0) is 20.9 Å². The zero-order chi connectivity index (χ0) is 41.4. The number of carbonyl (C=O) groups excluding carboxylic acids is 5. The number of hydrogen-bond donors (Lipinski definition) is 4. The highest BCUT2D eigenvalue weighted by atomic mass is 16.3. The molecule has 60 heavy (non-hydrogen) atoms. The number of anilines is 3. The molecule has 6 heterocycles. The highest BCUT2D eigenvalue weighted by molar-refractivity contribution is 6.25. The summed E-state index contributed by atoms with van der Waals surface area (Å²) in [5.41, 5.74) is 4.55. The van der Waals surface area contributed by atoms with Crippen LogP contribution >= 0.6 is 0 Å². The van der Waals surface area contributed by atoms with Gasteiger partial charge in [-0.15, -0.1) is 10.2 Å². The van der Waals surface area contributed by atoms with Crippen molar-refractivity contribution in [1.82, 2.24) is 40.0 Å². The van der Waals surface area contributed by atoms with Crippen molar-refractivity contribution in [2.75, 3.05) is 61.3 Å². The Hall–Kier alpha value is -6.62. The van der Waals surface area contributed by atoms with Gasteiger partial charge in [-0.1, -0.05) is 43.9 Å². The van der Waals surface area contributed by atoms with Crippen molar-refractivity contribution in [1.29, 1.82) is 0 Å². The number of nitrogens with one attached hydrogen (secondary N) is 4. The molecule has 2 saturated heterocycles. The average molecular weight is 816 g/mol. The zero-order valence-electron chi connectivity index (χ0n) is 33.4. The van der Waals surface area contributed by atoms with Crippen molar-refractivity contribution < 1.29 is 28.4 Å². The van der Waals surface area contributed by atoms with Gasteiger partial charge in [-0.2, -0.15) is 0 Å². The molecule has 5 amide bonds. The number of unbranched alkanes of at least 4 members (excludes halogenated alkanes) is 5. The topological polar surface area (TPSA) is 199 Å². The van der Waals surface area contributed by atoms with Gasteiger partial charge in [0.15, 0.2) is 5.65 Å². The minimum Gasteiger partial charge on any atom is -0.467 e. The minimum absolute atomic E-state index is 0.0477. The van der Waals surface area contributed by atoms with Gasteiger partial charge in [0.2, 0.25) is 23.7 Å². The molecule has 0 saturated carbocycles. The Labute approximate surface area is 346 Å². The number of amides is 5. The van der Waals surface area contributed by atoms with Crippen LogP contribution in [0.3, 0.4) is 0 Å². The summed E-state index contributed by atoms with van der Waals surface area (Å²) in [5, 5.41) is 19.9. The van der Waals surface area contributed by atoms with Gasteiger partial charge in [0.05, 0.1) is 30.5 Å². The van der Waals surface area contributed by atoms with Crippen LogP contribution in [0.1, 0.15) is 77.8 Å². The van der Waals surface area contributed by atoms with Crippen LogP contribution in [0.2, 0.25) is 0 Å². The van der Waals surface area contributed by atoms with E-state index in [1.807, 2.05) is 22.7 Å². The second-order valence-corrected chi connectivity index (χ2v) is 15.3. The first-order valence-electron chi connectivity index (χ1n) is 20.7. The average Bonchev–Trinajstić information content (AvgIpc) is 4.03. The summed E-state index contributed by atoms with van der Waals surface area (Å²) in [5.74, 6) is -1.04. The number of furan rings is 1. The molecule has 8 rings (SSSR count). The lowest BCUT2D eigenvalue weighted by atomic mass is 10.0. The number of rotatable bonds is 18. The maximum Gasteiger partial charge on any atom is 0.264 e. The van der Waals surface area contributed by atoms with Crippen molar-refractivity contribution >= 4 is 52.5 Å². The second-order valence-electron chi connectivity index (χ2n) is 15.3. The molecule has 17 heteroatoms. The largest absolute Gasteiger partial charge is 0.467 e. The normalized spacial score (nSPS) is 17.0. The van der Waals surface area contributed by atoms with Gasteiger partial charge in [-0.3, -0.25) is 43.5 Å². The third-order valence-electron chi connectivity index (χ3n) is 11.4. The first-order valence-corrected chi connectivity index (χ1v) is 20.7. The highest BCUT2D eigenvalue weighted by Crippen LogP contribution is 2.32. The van der Waals surface area contributed by atoms with Gasteiger partial charge in [0.25, 0.3) is 11.8 Å². The molecule has 0 spiro atoms. The number of carbonyl (C=O) groups is 5. The van der Waals surface area contributed by atoms with E-state index in [4.69, 9.17) is 4.42 Å². The molecule has 2 fully saturated rings. The van der Waals surface area contributed by atoms with Crippen molar-refractivity contribution in [3.05, 3.63) is 90.3 Å². The Bertz CT molecular complexity index is 2340. The Kier molecular flexibility index (Phi) is 12.4. The Morgan fingerprint density at radius 2 is 1.65 bits per heavy atom. The first kappa shape index (κ1) is 40.2. The molecule has 0 radical (unpaired) electrons. The van der Waals surface area contributed by atoms with E-state index >= 15 is 0 Å². The highest BCUT2D eigenvalue weighted by Gasteiger charge is 2.45. The van der Waals surface area contributed by atoms with Crippen molar-refractivity contribution in [2.45, 2.75) is 64.0 Å². The van der Waals surface area contributed by atoms with E-state index in [-0.39, 0.29) is 36.4 Å². The number of imide groups is 2. The van der Waals surface area contributed by atoms with E-state index in [2.05, 4.69) is 70.5 Å². The SMILES string of the molecule is O=C(CNc1cccc2c1C(=O)N(C1CCC(=O)NC1=O)C2=O)NCCCCCCCCN1CCN(c2ccc(-c3cnc(NCc4ccco4)n4cnnc34)cc2)CC1. The summed E-state index contributed by atoms with van der Waals surface area (Å²) in [6.07, 6.45) is 11.8. The Morgan fingerprint density at radius 1 is 0.850 bits per heavy atom.